The molecule has 0 bridgehead atoms. The van der Waals surface area contributed by atoms with Crippen molar-refractivity contribution in [2.75, 3.05) is 7.11 Å². The summed E-state index contributed by atoms with van der Waals surface area (Å²) in [5.74, 6) is -1.80. The molecule has 1 atom stereocenters. The van der Waals surface area contributed by atoms with Crippen LogP contribution >= 0.6 is 0 Å². The van der Waals surface area contributed by atoms with Gasteiger partial charge in [0.05, 0.1) is 7.11 Å². The van der Waals surface area contributed by atoms with Gasteiger partial charge in [-0.05, 0) is 18.4 Å². The van der Waals surface area contributed by atoms with Crippen molar-refractivity contribution in [3.8, 4) is 0 Å². The average molecular weight is 358 g/mol. The van der Waals surface area contributed by atoms with E-state index in [-0.39, 0.29) is 12.5 Å². The van der Waals surface area contributed by atoms with Crippen molar-refractivity contribution in [3.05, 3.63) is 35.9 Å². The summed E-state index contributed by atoms with van der Waals surface area (Å²) in [4.78, 5) is 52.2. The number of methoxy groups -OCH3 is 1. The van der Waals surface area contributed by atoms with Crippen LogP contribution in [0.3, 0.4) is 0 Å². The van der Waals surface area contributed by atoms with Gasteiger partial charge in [-0.2, -0.15) is 0 Å². The summed E-state index contributed by atoms with van der Waals surface area (Å²) < 4.78 is 4.83. The Bertz CT molecular complexity index is 712. The normalized spacial score (nSPS) is 19.8. The Hall–Kier alpha value is -2.70. The maximum atomic E-state index is 13.0. The van der Waals surface area contributed by atoms with Gasteiger partial charge >= 0.3 is 12.0 Å². The van der Waals surface area contributed by atoms with Crippen molar-refractivity contribution in [3.63, 3.8) is 0 Å². The van der Waals surface area contributed by atoms with Gasteiger partial charge in [-0.15, -0.1) is 0 Å². The Balaban J connectivity index is 1.90. The minimum absolute atomic E-state index is 0.150. The number of carbonyl (C=O) groups excluding carboxylic acids is 4. The Morgan fingerprint density at radius 1 is 1.12 bits per heavy atom. The molecule has 138 valence electrons. The van der Waals surface area contributed by atoms with Gasteiger partial charge in [-0.1, -0.05) is 43.2 Å². The molecule has 1 aromatic rings. The molecule has 4 amide bonds. The first-order chi connectivity index (χ1) is 12.5. The van der Waals surface area contributed by atoms with E-state index < -0.39 is 36.3 Å². The minimum Gasteiger partial charge on any atom is -0.467 e. The van der Waals surface area contributed by atoms with E-state index in [4.69, 9.17) is 4.74 Å². The molecule has 1 saturated carbocycles. The first-order valence-electron chi connectivity index (χ1n) is 8.82. The summed E-state index contributed by atoms with van der Waals surface area (Å²) in [6, 6.07) is 7.12. The Morgan fingerprint density at radius 2 is 1.77 bits per heavy atom. The zero-order chi connectivity index (χ0) is 18.7. The number of hydrogen-bond acceptors (Lipinski definition) is 5. The van der Waals surface area contributed by atoms with E-state index in [1.807, 2.05) is 30.3 Å². The van der Waals surface area contributed by atoms with E-state index in [2.05, 4.69) is 0 Å². The molecule has 1 saturated heterocycles. The molecular weight excluding hydrogens is 336 g/mol. The van der Waals surface area contributed by atoms with Crippen LogP contribution in [0.15, 0.2) is 30.3 Å². The number of imide groups is 2. The lowest BCUT2D eigenvalue weighted by Gasteiger charge is -2.38. The predicted molar refractivity (Wildman–Crippen MR) is 91.9 cm³/mol. The predicted octanol–water partition coefficient (Wildman–Crippen LogP) is 1.89. The molecule has 2 fully saturated rings. The third-order valence-electron chi connectivity index (χ3n) is 5.00. The Kier molecular flexibility index (Phi) is 5.35. The standard InChI is InChI=1S/C19H22N2O5/c1-26-18(24)15(11-13-7-3-2-4-8-13)21-17(23)12-16(22)20(19(21)25)14-9-5-6-10-14/h2-4,7-8,14-15H,5-6,9-12H2,1H3/t15-/m1/s1. The van der Waals surface area contributed by atoms with E-state index in [1.54, 1.807) is 0 Å². The highest BCUT2D eigenvalue weighted by molar-refractivity contribution is 6.15. The SMILES string of the molecule is COC(=O)[C@@H](Cc1ccccc1)N1C(=O)CC(=O)N(C2CCCC2)C1=O. The number of nitrogens with zero attached hydrogens (tertiary/aromatic N) is 2. The summed E-state index contributed by atoms with van der Waals surface area (Å²) in [5.41, 5.74) is 0.799. The second-order valence-corrected chi connectivity index (χ2v) is 6.65. The smallest absolute Gasteiger partial charge is 0.334 e. The van der Waals surface area contributed by atoms with E-state index >= 15 is 0 Å². The molecule has 1 aliphatic carbocycles. The average Bonchev–Trinajstić information content (AvgIpc) is 3.15. The summed E-state index contributed by atoms with van der Waals surface area (Å²) in [6.45, 7) is 0. The molecule has 7 nitrogen and oxygen atoms in total. The second kappa shape index (κ2) is 7.68. The van der Waals surface area contributed by atoms with E-state index in [1.165, 1.54) is 12.0 Å². The molecule has 0 N–H and O–H groups in total. The number of esters is 1. The number of rotatable bonds is 5. The maximum absolute atomic E-state index is 13.0. The number of urea groups is 1. The molecule has 0 spiro atoms. The van der Waals surface area contributed by atoms with Gasteiger partial charge < -0.3 is 4.74 Å². The fraction of sp³-hybridized carbons (Fsp3) is 0.474. The van der Waals surface area contributed by atoms with Crippen LogP contribution in [0.25, 0.3) is 0 Å². The molecule has 1 heterocycles. The van der Waals surface area contributed by atoms with Crippen LogP contribution in [-0.2, 0) is 25.5 Å². The Labute approximate surface area is 151 Å². The van der Waals surface area contributed by atoms with Crippen molar-refractivity contribution in [1.29, 1.82) is 0 Å². The highest BCUT2D eigenvalue weighted by Crippen LogP contribution is 2.29. The number of benzene rings is 1. The van der Waals surface area contributed by atoms with E-state index in [0.717, 1.165) is 36.1 Å². The molecule has 1 aromatic carbocycles. The van der Waals surface area contributed by atoms with Gasteiger partial charge in [0.2, 0.25) is 11.8 Å². The molecule has 3 rings (SSSR count). The first-order valence-corrected chi connectivity index (χ1v) is 8.82. The van der Waals surface area contributed by atoms with Gasteiger partial charge in [-0.25, -0.2) is 14.5 Å². The van der Waals surface area contributed by atoms with E-state index in [0.29, 0.717) is 0 Å². The van der Waals surface area contributed by atoms with Gasteiger partial charge in [0.1, 0.15) is 12.5 Å². The van der Waals surface area contributed by atoms with Gasteiger partial charge in [0.15, 0.2) is 0 Å². The molecule has 2 aliphatic rings. The van der Waals surface area contributed by atoms with Crippen molar-refractivity contribution >= 4 is 23.8 Å². The lowest BCUT2D eigenvalue weighted by Crippen LogP contribution is -2.62. The number of hydrogen-bond donors (Lipinski definition) is 0. The number of barbiturate groups is 1. The molecule has 7 heteroatoms. The van der Waals surface area contributed by atoms with Crippen LogP contribution in [0.5, 0.6) is 0 Å². The molecular formula is C19H22N2O5. The molecule has 26 heavy (non-hydrogen) atoms. The van der Waals surface area contributed by atoms with Crippen molar-refractivity contribution in [2.45, 2.75) is 50.6 Å². The number of ether oxygens (including phenoxy) is 1. The molecule has 0 aromatic heterocycles. The van der Waals surface area contributed by atoms with Crippen LogP contribution < -0.4 is 0 Å². The summed E-state index contributed by atoms with van der Waals surface area (Å²) in [6.07, 6.45) is 3.12. The van der Waals surface area contributed by atoms with Gasteiger partial charge in [-0.3, -0.25) is 14.5 Å². The largest absolute Gasteiger partial charge is 0.467 e. The molecule has 0 unspecified atom stereocenters. The zero-order valence-corrected chi connectivity index (χ0v) is 14.7. The fourth-order valence-electron chi connectivity index (χ4n) is 3.71. The first kappa shape index (κ1) is 18.1. The second-order valence-electron chi connectivity index (χ2n) is 6.65. The fourth-order valence-corrected chi connectivity index (χ4v) is 3.71. The van der Waals surface area contributed by atoms with E-state index in [9.17, 15) is 19.2 Å². The third kappa shape index (κ3) is 3.47. The quantitative estimate of drug-likeness (QED) is 0.593. The van der Waals surface area contributed by atoms with Crippen molar-refractivity contribution in [1.82, 2.24) is 9.80 Å². The summed E-state index contributed by atoms with van der Waals surface area (Å²) in [5, 5.41) is 0. The molecule has 1 aliphatic heterocycles. The lowest BCUT2D eigenvalue weighted by molar-refractivity contribution is -0.155. The highest BCUT2D eigenvalue weighted by atomic mass is 16.5. The van der Waals surface area contributed by atoms with Gasteiger partial charge in [0.25, 0.3) is 0 Å². The van der Waals surface area contributed by atoms with Crippen LogP contribution in [-0.4, -0.2) is 52.8 Å². The Morgan fingerprint density at radius 3 is 2.38 bits per heavy atom. The van der Waals surface area contributed by atoms with Gasteiger partial charge in [0, 0.05) is 12.5 Å². The van der Waals surface area contributed by atoms with Crippen LogP contribution in [0.4, 0.5) is 4.79 Å². The summed E-state index contributed by atoms with van der Waals surface area (Å²) >= 11 is 0. The van der Waals surface area contributed by atoms with Crippen LogP contribution in [0.1, 0.15) is 37.7 Å². The summed E-state index contributed by atoms with van der Waals surface area (Å²) in [7, 11) is 1.22. The topological polar surface area (TPSA) is 84.0 Å². The number of amides is 4. The maximum Gasteiger partial charge on any atom is 0.334 e. The van der Waals surface area contributed by atoms with Crippen LogP contribution in [0, 0.1) is 0 Å². The number of carbonyl (C=O) groups is 4. The van der Waals surface area contributed by atoms with Crippen molar-refractivity contribution in [2.24, 2.45) is 0 Å². The van der Waals surface area contributed by atoms with Crippen molar-refractivity contribution < 1.29 is 23.9 Å². The monoisotopic (exact) mass is 358 g/mol. The molecule has 0 radical (unpaired) electrons. The highest BCUT2D eigenvalue weighted by Gasteiger charge is 2.47. The lowest BCUT2D eigenvalue weighted by atomic mass is 10.0. The van der Waals surface area contributed by atoms with Crippen LogP contribution in [0.2, 0.25) is 0 Å². The third-order valence-corrected chi connectivity index (χ3v) is 5.00. The zero-order valence-electron chi connectivity index (χ0n) is 14.7. The minimum atomic E-state index is -1.08.